The number of nitro benzene ring substituents is 1. The van der Waals surface area contributed by atoms with Crippen molar-refractivity contribution in [1.82, 2.24) is 5.16 Å². The van der Waals surface area contributed by atoms with E-state index < -0.39 is 4.92 Å². The number of benzene rings is 2. The Kier molecular flexibility index (Phi) is 6.47. The molecule has 1 heterocycles. The van der Waals surface area contributed by atoms with Crippen molar-refractivity contribution in [3.63, 3.8) is 0 Å². The number of ether oxygens (including phenoxy) is 2. The molecule has 158 valence electrons. The maximum atomic E-state index is 11.6. The van der Waals surface area contributed by atoms with Gasteiger partial charge in [-0.05, 0) is 53.3 Å². The maximum absolute atomic E-state index is 11.6. The van der Waals surface area contributed by atoms with E-state index in [4.69, 9.17) is 9.47 Å². The van der Waals surface area contributed by atoms with Crippen molar-refractivity contribution >= 4 is 17.3 Å². The van der Waals surface area contributed by atoms with Crippen molar-refractivity contribution in [2.75, 3.05) is 6.61 Å². The molecule has 0 radical (unpaired) electrons. The molecule has 1 aromatic heterocycles. The second-order valence-corrected chi connectivity index (χ2v) is 6.36. The molecule has 0 spiro atoms. The number of aromatic nitrogens is 2. The molecule has 0 saturated carbocycles. The average Bonchev–Trinajstić information content (AvgIpc) is 3.09. The second kappa shape index (κ2) is 9.41. The zero-order chi connectivity index (χ0) is 22.4. The number of hydrogen-bond donors (Lipinski definition) is 0. The minimum absolute atomic E-state index is 0.0522. The van der Waals surface area contributed by atoms with Crippen molar-refractivity contribution in [1.29, 1.82) is 5.26 Å². The number of non-ortho nitro benzene ring substituents is 1. The molecule has 10 heteroatoms. The molecule has 0 fully saturated rings. The van der Waals surface area contributed by atoms with Gasteiger partial charge < -0.3 is 14.7 Å². The van der Waals surface area contributed by atoms with Gasteiger partial charge in [0, 0.05) is 24.2 Å². The van der Waals surface area contributed by atoms with E-state index in [1.54, 1.807) is 31.2 Å². The number of nitrogens with zero attached hydrogens (tertiary/aromatic N) is 4. The monoisotopic (exact) mass is 422 g/mol. The van der Waals surface area contributed by atoms with Gasteiger partial charge in [0.05, 0.1) is 23.2 Å². The second-order valence-electron chi connectivity index (χ2n) is 6.36. The molecule has 3 rings (SSSR count). The Hall–Kier alpha value is -4.39. The third kappa shape index (κ3) is 4.97. The van der Waals surface area contributed by atoms with E-state index in [2.05, 4.69) is 15.9 Å². The molecule has 0 aliphatic carbocycles. The van der Waals surface area contributed by atoms with Crippen molar-refractivity contribution in [2.45, 2.75) is 20.5 Å². The molecular weight excluding hydrogens is 404 g/mol. The van der Waals surface area contributed by atoms with Crippen LogP contribution >= 0.6 is 0 Å². The van der Waals surface area contributed by atoms with Gasteiger partial charge in [-0.1, -0.05) is 6.07 Å². The smallest absolute Gasteiger partial charge is 0.269 e. The molecule has 0 amide bonds. The maximum Gasteiger partial charge on any atom is 0.269 e. The van der Waals surface area contributed by atoms with Gasteiger partial charge in [-0.2, -0.15) is 5.26 Å². The molecule has 3 aromatic rings. The van der Waals surface area contributed by atoms with Crippen LogP contribution < -0.4 is 14.4 Å². The van der Waals surface area contributed by atoms with Crippen LogP contribution in [0.25, 0.3) is 11.6 Å². The van der Waals surface area contributed by atoms with E-state index in [1.807, 2.05) is 6.92 Å². The SMILES string of the molecule is CCOc1cc(C=C(C#N)c2ccc([N+](=O)[O-])cc2)ccc1OCc1c(C)no[n+]1[O-]. The Morgan fingerprint density at radius 3 is 2.58 bits per heavy atom. The summed E-state index contributed by atoms with van der Waals surface area (Å²) in [7, 11) is 0. The van der Waals surface area contributed by atoms with Gasteiger partial charge in [-0.15, -0.1) is 0 Å². The van der Waals surface area contributed by atoms with E-state index >= 15 is 0 Å². The molecular formula is C21H18N4O6. The lowest BCUT2D eigenvalue weighted by Crippen LogP contribution is -2.29. The highest BCUT2D eigenvalue weighted by molar-refractivity contribution is 5.90. The Balaban J connectivity index is 1.86. The molecule has 0 bridgehead atoms. The third-order valence-electron chi connectivity index (χ3n) is 4.34. The standard InChI is InChI=1S/C21H18N4O6/c1-3-29-21-11-15(4-9-20(21)30-13-19-14(2)23-31-25(19)28)10-17(12-22)16-5-7-18(8-6-16)24(26)27/h4-11H,3,13H2,1-2H3. The third-order valence-corrected chi connectivity index (χ3v) is 4.34. The van der Waals surface area contributed by atoms with Crippen molar-refractivity contribution in [2.24, 2.45) is 0 Å². The Labute approximate surface area is 177 Å². The van der Waals surface area contributed by atoms with Crippen LogP contribution in [0.2, 0.25) is 0 Å². The summed E-state index contributed by atoms with van der Waals surface area (Å²) >= 11 is 0. The van der Waals surface area contributed by atoms with Crippen LogP contribution in [0.15, 0.2) is 47.1 Å². The zero-order valence-corrected chi connectivity index (χ0v) is 16.8. The summed E-state index contributed by atoms with van der Waals surface area (Å²) < 4.78 is 15.9. The van der Waals surface area contributed by atoms with Crippen molar-refractivity contribution < 1.29 is 23.9 Å². The quantitative estimate of drug-likeness (QED) is 0.176. The Morgan fingerprint density at radius 1 is 1.26 bits per heavy atom. The fourth-order valence-electron chi connectivity index (χ4n) is 2.75. The molecule has 2 aromatic carbocycles. The molecule has 10 nitrogen and oxygen atoms in total. The first-order chi connectivity index (χ1) is 14.9. The predicted octanol–water partition coefficient (Wildman–Crippen LogP) is 3.57. The largest absolute Gasteiger partial charge is 0.490 e. The van der Waals surface area contributed by atoms with Gasteiger partial charge in [0.25, 0.3) is 5.69 Å². The molecule has 0 aliphatic rings. The van der Waals surface area contributed by atoms with Crippen LogP contribution in [0.5, 0.6) is 11.5 Å². The lowest BCUT2D eigenvalue weighted by Gasteiger charge is -2.12. The van der Waals surface area contributed by atoms with E-state index in [9.17, 15) is 20.6 Å². The van der Waals surface area contributed by atoms with E-state index in [0.717, 1.165) is 0 Å². The molecule has 0 saturated heterocycles. The summed E-state index contributed by atoms with van der Waals surface area (Å²) in [5.74, 6) is 0.845. The van der Waals surface area contributed by atoms with Gasteiger partial charge in [-0.25, -0.2) is 0 Å². The highest BCUT2D eigenvalue weighted by Crippen LogP contribution is 2.31. The average molecular weight is 422 g/mol. The van der Waals surface area contributed by atoms with E-state index in [1.165, 1.54) is 24.3 Å². The molecule has 0 aliphatic heterocycles. The first kappa shape index (κ1) is 21.3. The van der Waals surface area contributed by atoms with Crippen LogP contribution in [0.1, 0.15) is 29.4 Å². The van der Waals surface area contributed by atoms with Gasteiger partial charge in [0.2, 0.25) is 11.4 Å². The fourth-order valence-corrected chi connectivity index (χ4v) is 2.75. The van der Waals surface area contributed by atoms with Gasteiger partial charge in [0.15, 0.2) is 18.1 Å². The normalized spacial score (nSPS) is 11.1. The lowest BCUT2D eigenvalue weighted by molar-refractivity contribution is -0.808. The molecule has 31 heavy (non-hydrogen) atoms. The molecule has 0 unspecified atom stereocenters. The number of nitro groups is 1. The molecule has 0 N–H and O–H groups in total. The zero-order valence-electron chi connectivity index (χ0n) is 16.8. The first-order valence-corrected chi connectivity index (χ1v) is 9.24. The van der Waals surface area contributed by atoms with Gasteiger partial charge in [-0.3, -0.25) is 14.7 Å². The van der Waals surface area contributed by atoms with Crippen LogP contribution in [-0.2, 0) is 6.61 Å². The number of allylic oxidation sites excluding steroid dienone is 1. The number of rotatable bonds is 8. The predicted molar refractivity (Wildman–Crippen MR) is 109 cm³/mol. The van der Waals surface area contributed by atoms with Gasteiger partial charge >= 0.3 is 0 Å². The van der Waals surface area contributed by atoms with E-state index in [0.29, 0.717) is 40.5 Å². The summed E-state index contributed by atoms with van der Waals surface area (Å²) in [6.45, 7) is 3.78. The summed E-state index contributed by atoms with van der Waals surface area (Å²) in [4.78, 5) is 10.6. The van der Waals surface area contributed by atoms with Gasteiger partial charge in [0.1, 0.15) is 0 Å². The first-order valence-electron chi connectivity index (χ1n) is 9.24. The number of aryl methyl sites for hydroxylation is 1. The number of hydrogen-bond acceptors (Lipinski definition) is 8. The Morgan fingerprint density at radius 2 is 2.00 bits per heavy atom. The van der Waals surface area contributed by atoms with Crippen molar-refractivity contribution in [3.8, 4) is 17.6 Å². The van der Waals surface area contributed by atoms with Crippen LogP contribution in [0.4, 0.5) is 5.69 Å². The lowest BCUT2D eigenvalue weighted by atomic mass is 10.0. The number of nitriles is 1. The summed E-state index contributed by atoms with van der Waals surface area (Å²) in [5, 5.41) is 35.5. The summed E-state index contributed by atoms with van der Waals surface area (Å²) in [6, 6.07) is 12.9. The van der Waals surface area contributed by atoms with E-state index in [-0.39, 0.29) is 22.9 Å². The summed E-state index contributed by atoms with van der Waals surface area (Å²) in [5.41, 5.74) is 2.17. The Bertz CT molecular complexity index is 1140. The molecule has 0 atom stereocenters. The highest BCUT2D eigenvalue weighted by atomic mass is 16.8. The van der Waals surface area contributed by atoms with Crippen LogP contribution in [0.3, 0.4) is 0 Å². The minimum atomic E-state index is -0.498. The van der Waals surface area contributed by atoms with Crippen LogP contribution in [0, 0.1) is 33.6 Å². The van der Waals surface area contributed by atoms with Crippen LogP contribution in [-0.4, -0.2) is 16.7 Å². The highest BCUT2D eigenvalue weighted by Gasteiger charge is 2.17. The topological polar surface area (TPSA) is 138 Å². The van der Waals surface area contributed by atoms with Crippen molar-refractivity contribution in [3.05, 3.63) is 80.3 Å². The summed E-state index contributed by atoms with van der Waals surface area (Å²) in [6.07, 6.45) is 1.64. The fraction of sp³-hybridized carbons (Fsp3) is 0.190. The minimum Gasteiger partial charge on any atom is -0.490 e.